The lowest BCUT2D eigenvalue weighted by Gasteiger charge is -2.47. The van der Waals surface area contributed by atoms with Crippen LogP contribution in [0.2, 0.25) is 0 Å². The molecule has 0 heterocycles. The van der Waals surface area contributed by atoms with Crippen LogP contribution in [0.3, 0.4) is 0 Å². The molecule has 1 unspecified atom stereocenters. The van der Waals surface area contributed by atoms with Gasteiger partial charge in [0.15, 0.2) is 0 Å². The summed E-state index contributed by atoms with van der Waals surface area (Å²) in [4.78, 5) is 24.2. The lowest BCUT2D eigenvalue weighted by molar-refractivity contribution is 0.0508. The van der Waals surface area contributed by atoms with Crippen molar-refractivity contribution in [3.8, 4) is 11.1 Å². The summed E-state index contributed by atoms with van der Waals surface area (Å²) < 4.78 is 30.6. The Morgan fingerprint density at radius 3 is 2.07 bits per heavy atom. The van der Waals surface area contributed by atoms with Gasteiger partial charge in [-0.3, -0.25) is 4.79 Å². The van der Waals surface area contributed by atoms with Crippen molar-refractivity contribution in [1.29, 1.82) is 0 Å². The first-order valence-electron chi connectivity index (χ1n) is 14.6. The monoisotopic (exact) mass is 623 g/mol. The van der Waals surface area contributed by atoms with Crippen LogP contribution >= 0.6 is 0 Å². The topological polar surface area (TPSA) is 162 Å². The van der Waals surface area contributed by atoms with Crippen molar-refractivity contribution in [1.82, 2.24) is 4.72 Å². The van der Waals surface area contributed by atoms with Gasteiger partial charge in [-0.05, 0) is 76.6 Å². The quantitative estimate of drug-likeness (QED) is 0.188. The van der Waals surface area contributed by atoms with Crippen molar-refractivity contribution in [3.63, 3.8) is 0 Å². The van der Waals surface area contributed by atoms with Gasteiger partial charge in [-0.15, -0.1) is 0 Å². The lowest BCUT2D eigenvalue weighted by atomic mass is 9.58. The van der Waals surface area contributed by atoms with Gasteiger partial charge in [0.2, 0.25) is 10.0 Å². The standard InChI is InChI=1S/C34H45N3O6S/c1-22(2)19-26-20-25(11-16-29(26)31(39)37-44(6,41)42)23-7-12-27(13-8-23)34(33(3,4)5,17-18-43-32(36)40)21-30(38)24-9-14-28(35)15-10-24/h7-16,20,22,30,38H,17-19,21,35H2,1-6H3,(H2,36,40)(H,37,39)/t30-,34?/m1/s1. The van der Waals surface area contributed by atoms with Gasteiger partial charge in [-0.25, -0.2) is 17.9 Å². The van der Waals surface area contributed by atoms with E-state index in [1.807, 2.05) is 56.3 Å². The van der Waals surface area contributed by atoms with E-state index >= 15 is 0 Å². The van der Waals surface area contributed by atoms with Gasteiger partial charge in [-0.1, -0.05) is 83.1 Å². The van der Waals surface area contributed by atoms with Gasteiger partial charge in [-0.2, -0.15) is 0 Å². The van der Waals surface area contributed by atoms with Gasteiger partial charge in [0.05, 0.1) is 19.0 Å². The molecule has 3 rings (SSSR count). The molecule has 6 N–H and O–H groups in total. The number of carbonyl (C=O) groups excluding carboxylic acids is 2. The Balaban J connectivity index is 2.06. The first-order valence-corrected chi connectivity index (χ1v) is 16.5. The summed E-state index contributed by atoms with van der Waals surface area (Å²) in [7, 11) is -3.71. The summed E-state index contributed by atoms with van der Waals surface area (Å²) >= 11 is 0. The molecule has 0 saturated carbocycles. The van der Waals surface area contributed by atoms with E-state index in [1.165, 1.54) is 0 Å². The molecule has 0 saturated heterocycles. The summed E-state index contributed by atoms with van der Waals surface area (Å²) in [5.41, 5.74) is 15.3. The molecule has 0 aliphatic rings. The van der Waals surface area contributed by atoms with Crippen LogP contribution in [0.25, 0.3) is 11.1 Å². The molecule has 0 fully saturated rings. The average molecular weight is 624 g/mol. The number of rotatable bonds is 12. The minimum Gasteiger partial charge on any atom is -0.450 e. The van der Waals surface area contributed by atoms with Crippen molar-refractivity contribution in [2.24, 2.45) is 17.1 Å². The highest BCUT2D eigenvalue weighted by molar-refractivity contribution is 7.89. The van der Waals surface area contributed by atoms with Crippen LogP contribution in [0.5, 0.6) is 0 Å². The molecule has 238 valence electrons. The van der Waals surface area contributed by atoms with Crippen molar-refractivity contribution < 1.29 is 27.9 Å². The summed E-state index contributed by atoms with van der Waals surface area (Å²) in [6, 6.07) is 20.5. The fraction of sp³-hybridized carbons (Fsp3) is 0.412. The second-order valence-electron chi connectivity index (χ2n) is 12.9. The number of hydrogen-bond donors (Lipinski definition) is 4. The normalized spacial score (nSPS) is 14.1. The molecule has 10 heteroatoms. The van der Waals surface area contributed by atoms with Crippen molar-refractivity contribution in [3.05, 3.63) is 89.0 Å². The number of amides is 2. The lowest BCUT2D eigenvalue weighted by Crippen LogP contribution is -2.43. The SMILES string of the molecule is CC(C)Cc1cc(-c2ccc(C(CCOC(N)=O)(C[C@@H](O)c3ccc(N)cc3)C(C)(C)C)cc2)ccc1C(=O)NS(C)(=O)=O. The molecule has 9 nitrogen and oxygen atoms in total. The highest BCUT2D eigenvalue weighted by Gasteiger charge is 2.45. The number of aliphatic hydroxyl groups excluding tert-OH is 1. The van der Waals surface area contributed by atoms with Crippen LogP contribution in [-0.4, -0.2) is 38.4 Å². The Bertz CT molecular complexity index is 1560. The second-order valence-corrected chi connectivity index (χ2v) is 14.6. The molecule has 44 heavy (non-hydrogen) atoms. The van der Waals surface area contributed by atoms with Crippen molar-refractivity contribution >= 4 is 27.7 Å². The zero-order chi connectivity index (χ0) is 32.9. The molecule has 0 aliphatic carbocycles. The Kier molecular flexibility index (Phi) is 10.9. The predicted molar refractivity (Wildman–Crippen MR) is 174 cm³/mol. The number of ether oxygens (including phenoxy) is 1. The predicted octanol–water partition coefficient (Wildman–Crippen LogP) is 5.72. The highest BCUT2D eigenvalue weighted by Crippen LogP contribution is 2.50. The molecule has 2 atom stereocenters. The van der Waals surface area contributed by atoms with Gasteiger partial charge in [0, 0.05) is 16.7 Å². The number of primary amides is 1. The van der Waals surface area contributed by atoms with E-state index in [-0.39, 0.29) is 17.9 Å². The van der Waals surface area contributed by atoms with Crippen LogP contribution in [-0.2, 0) is 26.6 Å². The van der Waals surface area contributed by atoms with E-state index < -0.39 is 33.5 Å². The molecule has 3 aromatic carbocycles. The number of aliphatic hydroxyl groups is 1. The maximum atomic E-state index is 12.7. The number of sulfonamides is 1. The summed E-state index contributed by atoms with van der Waals surface area (Å²) in [6.07, 6.45) is 0.655. The van der Waals surface area contributed by atoms with E-state index in [0.29, 0.717) is 30.5 Å². The largest absolute Gasteiger partial charge is 0.450 e. The molecule has 0 aromatic heterocycles. The van der Waals surface area contributed by atoms with E-state index in [2.05, 4.69) is 25.5 Å². The van der Waals surface area contributed by atoms with Crippen molar-refractivity contribution in [2.45, 2.75) is 65.4 Å². The third kappa shape index (κ3) is 8.83. The molecule has 2 amide bonds. The first kappa shape index (κ1) is 34.6. The van der Waals surface area contributed by atoms with Gasteiger partial charge < -0.3 is 21.3 Å². The Hall–Kier alpha value is -3.89. The third-order valence-corrected chi connectivity index (χ3v) is 8.66. The number of nitrogens with one attached hydrogen (secondary N) is 1. The van der Waals surface area contributed by atoms with Crippen molar-refractivity contribution in [2.75, 3.05) is 18.6 Å². The molecule has 0 bridgehead atoms. The molecular formula is C34H45N3O6S. The zero-order valence-corrected chi connectivity index (χ0v) is 27.2. The van der Waals surface area contributed by atoms with Crippen LogP contribution in [0.1, 0.15) is 80.6 Å². The summed E-state index contributed by atoms with van der Waals surface area (Å²) in [5, 5.41) is 11.4. The van der Waals surface area contributed by atoms with Gasteiger partial charge >= 0.3 is 6.09 Å². The summed E-state index contributed by atoms with van der Waals surface area (Å²) in [5.74, 6) is -0.419. The second kappa shape index (κ2) is 13.8. The molecule has 0 aliphatic heterocycles. The third-order valence-electron chi connectivity index (χ3n) is 8.10. The molecule has 0 spiro atoms. The minimum absolute atomic E-state index is 0.0817. The minimum atomic E-state index is -3.71. The number of anilines is 1. The van der Waals surface area contributed by atoms with Crippen LogP contribution in [0, 0.1) is 11.3 Å². The van der Waals surface area contributed by atoms with Gasteiger partial charge in [0.25, 0.3) is 5.91 Å². The van der Waals surface area contributed by atoms with E-state index in [4.69, 9.17) is 16.2 Å². The number of benzene rings is 3. The van der Waals surface area contributed by atoms with E-state index in [0.717, 1.165) is 34.1 Å². The number of nitrogens with two attached hydrogens (primary N) is 2. The van der Waals surface area contributed by atoms with E-state index in [9.17, 15) is 23.1 Å². The Labute approximate surface area is 261 Å². The van der Waals surface area contributed by atoms with Crippen LogP contribution < -0.4 is 16.2 Å². The number of hydrogen-bond acceptors (Lipinski definition) is 7. The van der Waals surface area contributed by atoms with Crippen LogP contribution in [0.15, 0.2) is 66.7 Å². The average Bonchev–Trinajstić information content (AvgIpc) is 2.90. The Morgan fingerprint density at radius 2 is 1.55 bits per heavy atom. The smallest absolute Gasteiger partial charge is 0.404 e. The molecule has 3 aromatic rings. The Morgan fingerprint density at radius 1 is 0.955 bits per heavy atom. The first-order chi connectivity index (χ1) is 20.4. The maximum absolute atomic E-state index is 12.7. The fourth-order valence-electron chi connectivity index (χ4n) is 5.78. The fourth-order valence-corrected chi connectivity index (χ4v) is 6.23. The van der Waals surface area contributed by atoms with E-state index in [1.54, 1.807) is 24.3 Å². The summed E-state index contributed by atoms with van der Waals surface area (Å²) in [6.45, 7) is 10.4. The van der Waals surface area contributed by atoms with Gasteiger partial charge in [0.1, 0.15) is 0 Å². The number of carbonyl (C=O) groups is 2. The molecule has 0 radical (unpaired) electrons. The van der Waals surface area contributed by atoms with Crippen LogP contribution in [0.4, 0.5) is 10.5 Å². The number of nitrogen functional groups attached to an aromatic ring is 1. The molecular weight excluding hydrogens is 578 g/mol. The maximum Gasteiger partial charge on any atom is 0.404 e. The zero-order valence-electron chi connectivity index (χ0n) is 26.4. The highest BCUT2D eigenvalue weighted by atomic mass is 32.2.